The van der Waals surface area contributed by atoms with Gasteiger partial charge in [-0.15, -0.1) is 5.10 Å². The molecular weight excluding hydrogens is 384 g/mol. The third kappa shape index (κ3) is 3.59. The van der Waals surface area contributed by atoms with Crippen molar-refractivity contribution in [3.63, 3.8) is 0 Å². The van der Waals surface area contributed by atoms with Crippen LogP contribution in [0.15, 0.2) is 29.1 Å². The number of nitrogens with zero attached hydrogens (tertiary/aromatic N) is 4. The number of H-pyrrole nitrogens is 1. The molecule has 0 amide bonds. The summed E-state index contributed by atoms with van der Waals surface area (Å²) in [7, 11) is 1.62. The van der Waals surface area contributed by atoms with Gasteiger partial charge in [0, 0.05) is 25.5 Å². The number of tetrazole rings is 1. The second kappa shape index (κ2) is 8.16. The van der Waals surface area contributed by atoms with Crippen molar-refractivity contribution in [2.24, 2.45) is 0 Å². The highest BCUT2D eigenvalue weighted by Crippen LogP contribution is 2.23. The second-order valence-corrected chi connectivity index (χ2v) is 8.16. The number of ether oxygens (including phenoxy) is 2. The standard InChI is InChI=1S/C21H26N6O3/c1-29-15-7-6-14-11-17(21(28)22-18(14)12-15)19(26-8-2-3-9-26)20-23-24-25-27(20)13-16-5-4-10-30-16/h6-7,11-12,16,19H,2-5,8-10,13H2,1H3,(H,22,28)/p+1/t16-,19+/m1/s1. The van der Waals surface area contributed by atoms with Gasteiger partial charge in [0.15, 0.2) is 6.04 Å². The van der Waals surface area contributed by atoms with Crippen molar-refractivity contribution in [3.8, 4) is 5.75 Å². The number of likely N-dealkylation sites (tertiary alicyclic amines) is 1. The maximum Gasteiger partial charge on any atom is 0.258 e. The molecule has 0 saturated carbocycles. The average molecular weight is 411 g/mol. The molecule has 2 atom stereocenters. The predicted molar refractivity (Wildman–Crippen MR) is 110 cm³/mol. The molecule has 0 radical (unpaired) electrons. The fraction of sp³-hybridized carbons (Fsp3) is 0.524. The van der Waals surface area contributed by atoms with Crippen LogP contribution in [0.1, 0.15) is 43.1 Å². The molecule has 2 aromatic heterocycles. The van der Waals surface area contributed by atoms with Crippen molar-refractivity contribution < 1.29 is 14.4 Å². The first-order chi connectivity index (χ1) is 14.7. The number of fused-ring (bicyclic) bond motifs is 1. The van der Waals surface area contributed by atoms with Crippen molar-refractivity contribution >= 4 is 10.9 Å². The molecule has 2 aliphatic heterocycles. The van der Waals surface area contributed by atoms with Crippen LogP contribution in [0.4, 0.5) is 0 Å². The number of methoxy groups -OCH3 is 1. The summed E-state index contributed by atoms with van der Waals surface area (Å²) in [4.78, 5) is 17.5. The van der Waals surface area contributed by atoms with E-state index >= 15 is 0 Å². The van der Waals surface area contributed by atoms with E-state index in [4.69, 9.17) is 9.47 Å². The van der Waals surface area contributed by atoms with Gasteiger partial charge in [-0.25, -0.2) is 4.68 Å². The fourth-order valence-corrected chi connectivity index (χ4v) is 4.73. The van der Waals surface area contributed by atoms with Crippen molar-refractivity contribution in [3.05, 3.63) is 46.0 Å². The molecule has 1 aromatic carbocycles. The first kappa shape index (κ1) is 19.2. The van der Waals surface area contributed by atoms with E-state index < -0.39 is 0 Å². The number of benzene rings is 1. The highest BCUT2D eigenvalue weighted by atomic mass is 16.5. The van der Waals surface area contributed by atoms with Crippen LogP contribution in [0.5, 0.6) is 5.75 Å². The van der Waals surface area contributed by atoms with Gasteiger partial charge < -0.3 is 19.4 Å². The first-order valence-corrected chi connectivity index (χ1v) is 10.7. The summed E-state index contributed by atoms with van der Waals surface area (Å²) in [6.07, 6.45) is 4.49. The molecule has 0 spiro atoms. The minimum Gasteiger partial charge on any atom is -0.497 e. The van der Waals surface area contributed by atoms with E-state index in [2.05, 4.69) is 20.5 Å². The van der Waals surface area contributed by atoms with Crippen LogP contribution in [-0.2, 0) is 11.3 Å². The Balaban J connectivity index is 1.58. The maximum atomic E-state index is 13.2. The summed E-state index contributed by atoms with van der Waals surface area (Å²) in [5.41, 5.74) is 1.36. The SMILES string of the molecule is COc1ccc2cc([C@@H](c3nnnn3C[C@H]3CCCO3)[NH+]3CCCC3)c(=O)[nH]c2c1. The lowest BCUT2D eigenvalue weighted by molar-refractivity contribution is -0.914. The maximum absolute atomic E-state index is 13.2. The van der Waals surface area contributed by atoms with Crippen LogP contribution in [-0.4, -0.2) is 58.1 Å². The molecule has 5 rings (SSSR count). The molecule has 2 saturated heterocycles. The molecule has 0 aliphatic carbocycles. The van der Waals surface area contributed by atoms with Crippen LogP contribution in [0, 0.1) is 0 Å². The van der Waals surface area contributed by atoms with Crippen LogP contribution in [0.3, 0.4) is 0 Å². The molecular formula is C21H27N6O3+. The van der Waals surface area contributed by atoms with Crippen LogP contribution in [0.2, 0.25) is 0 Å². The fourth-order valence-electron chi connectivity index (χ4n) is 4.73. The summed E-state index contributed by atoms with van der Waals surface area (Å²) < 4.78 is 12.9. The van der Waals surface area contributed by atoms with Gasteiger partial charge in [0.25, 0.3) is 5.56 Å². The minimum atomic E-state index is -0.209. The lowest BCUT2D eigenvalue weighted by Crippen LogP contribution is -3.10. The number of aromatic amines is 1. The zero-order chi connectivity index (χ0) is 20.5. The molecule has 3 aromatic rings. The molecule has 9 heteroatoms. The van der Waals surface area contributed by atoms with E-state index in [1.807, 2.05) is 28.9 Å². The highest BCUT2D eigenvalue weighted by molar-refractivity contribution is 5.80. The third-order valence-corrected chi connectivity index (χ3v) is 6.27. The molecule has 2 N–H and O–H groups in total. The Morgan fingerprint density at radius 2 is 2.17 bits per heavy atom. The Morgan fingerprint density at radius 1 is 1.30 bits per heavy atom. The van der Waals surface area contributed by atoms with Crippen molar-refractivity contribution in [2.45, 2.75) is 44.4 Å². The number of quaternary nitrogens is 1. The number of pyridine rings is 1. The smallest absolute Gasteiger partial charge is 0.258 e. The van der Waals surface area contributed by atoms with Crippen molar-refractivity contribution in [2.75, 3.05) is 26.8 Å². The first-order valence-electron chi connectivity index (χ1n) is 10.7. The highest BCUT2D eigenvalue weighted by Gasteiger charge is 2.36. The van der Waals surface area contributed by atoms with Gasteiger partial charge in [0.05, 0.1) is 43.9 Å². The zero-order valence-electron chi connectivity index (χ0n) is 17.1. The number of hydrogen-bond acceptors (Lipinski definition) is 6. The molecule has 158 valence electrons. The van der Waals surface area contributed by atoms with E-state index in [0.29, 0.717) is 17.9 Å². The van der Waals surface area contributed by atoms with Gasteiger partial charge in [0.1, 0.15) is 5.75 Å². The Bertz CT molecular complexity index is 1080. The van der Waals surface area contributed by atoms with Gasteiger partial charge in [-0.05, 0) is 46.9 Å². The van der Waals surface area contributed by atoms with E-state index in [-0.39, 0.29) is 17.7 Å². The second-order valence-electron chi connectivity index (χ2n) is 8.16. The van der Waals surface area contributed by atoms with Gasteiger partial charge in [-0.2, -0.15) is 0 Å². The lowest BCUT2D eigenvalue weighted by Gasteiger charge is -2.24. The molecule has 9 nitrogen and oxygen atoms in total. The van der Waals surface area contributed by atoms with Crippen molar-refractivity contribution in [1.82, 2.24) is 25.2 Å². The molecule has 0 bridgehead atoms. The molecule has 30 heavy (non-hydrogen) atoms. The van der Waals surface area contributed by atoms with Crippen LogP contribution < -0.4 is 15.2 Å². The van der Waals surface area contributed by atoms with E-state index in [0.717, 1.165) is 62.1 Å². The van der Waals surface area contributed by atoms with Gasteiger partial charge in [0.2, 0.25) is 5.82 Å². The van der Waals surface area contributed by atoms with Crippen molar-refractivity contribution in [1.29, 1.82) is 0 Å². The Morgan fingerprint density at radius 3 is 2.93 bits per heavy atom. The number of nitrogens with one attached hydrogen (secondary N) is 2. The van der Waals surface area contributed by atoms with E-state index in [1.165, 1.54) is 4.90 Å². The van der Waals surface area contributed by atoms with Crippen LogP contribution >= 0.6 is 0 Å². The van der Waals surface area contributed by atoms with E-state index in [9.17, 15) is 4.79 Å². The summed E-state index contributed by atoms with van der Waals surface area (Å²) in [6, 6.07) is 7.50. The third-order valence-electron chi connectivity index (χ3n) is 6.27. The number of aromatic nitrogens is 5. The molecule has 2 aliphatic rings. The zero-order valence-corrected chi connectivity index (χ0v) is 17.1. The summed E-state index contributed by atoms with van der Waals surface area (Å²) in [6.45, 7) is 3.40. The Kier molecular flexibility index (Phi) is 5.22. The largest absolute Gasteiger partial charge is 0.497 e. The van der Waals surface area contributed by atoms with E-state index in [1.54, 1.807) is 7.11 Å². The lowest BCUT2D eigenvalue weighted by atomic mass is 10.0. The normalized spacial score (nSPS) is 20.8. The topological polar surface area (TPSA) is 99.4 Å². The number of rotatable bonds is 6. The molecule has 2 fully saturated rings. The monoisotopic (exact) mass is 411 g/mol. The average Bonchev–Trinajstić information content (AvgIpc) is 3.53. The molecule has 0 unspecified atom stereocenters. The minimum absolute atomic E-state index is 0.105. The molecule has 4 heterocycles. The summed E-state index contributed by atoms with van der Waals surface area (Å²) in [5.74, 6) is 1.45. The van der Waals surface area contributed by atoms with Gasteiger partial charge in [-0.1, -0.05) is 0 Å². The van der Waals surface area contributed by atoms with Crippen LogP contribution in [0.25, 0.3) is 10.9 Å². The Labute approximate surface area is 174 Å². The van der Waals surface area contributed by atoms with Gasteiger partial charge >= 0.3 is 0 Å². The summed E-state index contributed by atoms with van der Waals surface area (Å²) in [5, 5.41) is 13.6. The van der Waals surface area contributed by atoms with Gasteiger partial charge in [-0.3, -0.25) is 4.79 Å². The number of hydrogen-bond donors (Lipinski definition) is 2. The predicted octanol–water partition coefficient (Wildman–Crippen LogP) is 0.470. The Hall–Kier alpha value is -2.78. The summed E-state index contributed by atoms with van der Waals surface area (Å²) >= 11 is 0. The quantitative estimate of drug-likeness (QED) is 0.612.